The molecule has 1 atom stereocenters. The van der Waals surface area contributed by atoms with Gasteiger partial charge in [-0.3, -0.25) is 14.5 Å². The highest BCUT2D eigenvalue weighted by Crippen LogP contribution is 2.22. The van der Waals surface area contributed by atoms with Gasteiger partial charge >= 0.3 is 0 Å². The molecule has 4 rings (SSSR count). The van der Waals surface area contributed by atoms with Crippen molar-refractivity contribution in [2.75, 3.05) is 32.8 Å². The number of hydrogen-bond donors (Lipinski definition) is 1. The van der Waals surface area contributed by atoms with Gasteiger partial charge in [0.25, 0.3) is 5.91 Å². The van der Waals surface area contributed by atoms with E-state index < -0.39 is 0 Å². The molecule has 7 heteroatoms. The fourth-order valence-electron chi connectivity index (χ4n) is 3.83. The number of fused-ring (bicyclic) bond motifs is 1. The topological polar surface area (TPSA) is 61.9 Å². The Morgan fingerprint density at radius 1 is 1.18 bits per heavy atom. The summed E-state index contributed by atoms with van der Waals surface area (Å²) in [6.45, 7) is 3.68. The predicted octanol–water partition coefficient (Wildman–Crippen LogP) is 2.36. The van der Waals surface area contributed by atoms with Gasteiger partial charge in [-0.15, -0.1) is 11.3 Å². The summed E-state index contributed by atoms with van der Waals surface area (Å²) in [7, 11) is 0. The molecule has 6 nitrogen and oxygen atoms in total. The average molecular weight is 400 g/mol. The Balaban J connectivity index is 1.30. The largest absolute Gasteiger partial charge is 0.492 e. The minimum atomic E-state index is 0.00908. The number of hydrogen-bond acceptors (Lipinski definition) is 5. The number of likely N-dealkylation sites (tertiary alicyclic amines) is 1. The maximum Gasteiger partial charge on any atom is 0.263 e. The molecule has 0 aliphatic carbocycles. The average Bonchev–Trinajstić information content (AvgIpc) is 3.16. The lowest BCUT2D eigenvalue weighted by molar-refractivity contribution is -0.123. The van der Waals surface area contributed by atoms with E-state index in [1.165, 1.54) is 11.3 Å². The van der Waals surface area contributed by atoms with Crippen LogP contribution in [0.3, 0.4) is 0 Å². The molecular weight excluding hydrogens is 374 g/mol. The molecule has 1 unspecified atom stereocenters. The van der Waals surface area contributed by atoms with E-state index in [9.17, 15) is 9.59 Å². The molecule has 148 valence electrons. The van der Waals surface area contributed by atoms with Crippen LogP contribution in [0.4, 0.5) is 0 Å². The minimum absolute atomic E-state index is 0.00908. The van der Waals surface area contributed by atoms with E-state index in [4.69, 9.17) is 4.74 Å². The lowest BCUT2D eigenvalue weighted by Crippen LogP contribution is -2.51. The van der Waals surface area contributed by atoms with Crippen molar-refractivity contribution in [1.82, 2.24) is 15.1 Å². The van der Waals surface area contributed by atoms with Crippen LogP contribution < -0.4 is 10.1 Å². The van der Waals surface area contributed by atoms with Gasteiger partial charge in [-0.1, -0.05) is 24.3 Å². The quantitative estimate of drug-likeness (QED) is 0.857. The third kappa shape index (κ3) is 4.54. The molecule has 3 heterocycles. The van der Waals surface area contributed by atoms with E-state index >= 15 is 0 Å². The molecule has 1 N–H and O–H groups in total. The first-order valence-electron chi connectivity index (χ1n) is 9.74. The van der Waals surface area contributed by atoms with E-state index in [-0.39, 0.29) is 17.9 Å². The highest BCUT2D eigenvalue weighted by atomic mass is 32.1. The van der Waals surface area contributed by atoms with Crippen molar-refractivity contribution in [1.29, 1.82) is 0 Å². The summed E-state index contributed by atoms with van der Waals surface area (Å²) in [6, 6.07) is 11.7. The van der Waals surface area contributed by atoms with Crippen LogP contribution in [0.1, 0.15) is 28.1 Å². The zero-order chi connectivity index (χ0) is 19.3. The Bertz CT molecular complexity index is 824. The summed E-state index contributed by atoms with van der Waals surface area (Å²) >= 11 is 1.46. The molecule has 1 aromatic heterocycles. The predicted molar refractivity (Wildman–Crippen MR) is 109 cm³/mol. The Morgan fingerprint density at radius 3 is 2.93 bits per heavy atom. The molecule has 0 radical (unpaired) electrons. The molecule has 1 aromatic carbocycles. The van der Waals surface area contributed by atoms with Crippen molar-refractivity contribution in [3.05, 3.63) is 52.2 Å². The molecule has 1 fully saturated rings. The molecule has 0 spiro atoms. The number of amides is 2. The summed E-state index contributed by atoms with van der Waals surface area (Å²) in [6.07, 6.45) is 1.82. The molecular formula is C21H25N3O3S. The van der Waals surface area contributed by atoms with Gasteiger partial charge in [0, 0.05) is 37.8 Å². The fraction of sp³-hybridized carbons (Fsp3) is 0.429. The third-order valence-electron chi connectivity index (χ3n) is 5.20. The Labute approximate surface area is 169 Å². The summed E-state index contributed by atoms with van der Waals surface area (Å²) in [5.41, 5.74) is 1.11. The summed E-state index contributed by atoms with van der Waals surface area (Å²) in [5, 5.41) is 5.04. The van der Waals surface area contributed by atoms with Crippen LogP contribution >= 0.6 is 11.3 Å². The Hall–Kier alpha value is -2.38. The van der Waals surface area contributed by atoms with Crippen LogP contribution in [0.5, 0.6) is 5.75 Å². The van der Waals surface area contributed by atoms with E-state index in [0.29, 0.717) is 26.2 Å². The Kier molecular flexibility index (Phi) is 5.92. The van der Waals surface area contributed by atoms with Gasteiger partial charge in [-0.25, -0.2) is 0 Å². The molecule has 2 amide bonds. The number of benzene rings is 1. The van der Waals surface area contributed by atoms with Crippen molar-refractivity contribution in [3.8, 4) is 5.75 Å². The number of nitrogens with one attached hydrogen (secondary N) is 1. The van der Waals surface area contributed by atoms with Gasteiger partial charge in [0.1, 0.15) is 12.4 Å². The fourth-order valence-corrected chi connectivity index (χ4v) is 4.52. The monoisotopic (exact) mass is 399 g/mol. The maximum absolute atomic E-state index is 12.6. The van der Waals surface area contributed by atoms with E-state index in [0.717, 1.165) is 42.1 Å². The summed E-state index contributed by atoms with van der Waals surface area (Å²) < 4.78 is 5.77. The standard InChI is InChI=1S/C21H25N3O3S/c25-20(15-23-10-11-27-18-7-2-1-5-16(18)13-23)22-17-6-3-9-24(14-17)21(26)19-8-4-12-28-19/h1-2,4-5,7-8,12,17H,3,6,9-11,13-15H2,(H,22,25). The number of nitrogens with zero attached hydrogens (tertiary/aromatic N) is 2. The number of para-hydroxylation sites is 1. The highest BCUT2D eigenvalue weighted by molar-refractivity contribution is 7.12. The van der Waals surface area contributed by atoms with Gasteiger partial charge in [0.15, 0.2) is 0 Å². The summed E-state index contributed by atoms with van der Waals surface area (Å²) in [5.74, 6) is 0.977. The van der Waals surface area contributed by atoms with E-state index in [2.05, 4.69) is 10.2 Å². The highest BCUT2D eigenvalue weighted by Gasteiger charge is 2.26. The van der Waals surface area contributed by atoms with Gasteiger partial charge in [0.05, 0.1) is 11.4 Å². The van der Waals surface area contributed by atoms with Crippen LogP contribution in [0.15, 0.2) is 41.8 Å². The summed E-state index contributed by atoms with van der Waals surface area (Å²) in [4.78, 5) is 29.9. The number of thiophene rings is 1. The lowest BCUT2D eigenvalue weighted by atomic mass is 10.1. The number of piperidine rings is 1. The third-order valence-corrected chi connectivity index (χ3v) is 6.06. The molecule has 28 heavy (non-hydrogen) atoms. The first-order valence-corrected chi connectivity index (χ1v) is 10.6. The molecule has 2 aliphatic heterocycles. The van der Waals surface area contributed by atoms with Crippen LogP contribution in [-0.4, -0.2) is 60.4 Å². The normalized spacial score (nSPS) is 20.0. The number of carbonyl (C=O) groups excluding carboxylic acids is 2. The second-order valence-corrected chi connectivity index (χ2v) is 8.25. The van der Waals surface area contributed by atoms with E-state index in [1.54, 1.807) is 0 Å². The van der Waals surface area contributed by atoms with Crippen molar-refractivity contribution in [2.45, 2.75) is 25.4 Å². The van der Waals surface area contributed by atoms with Gasteiger partial charge in [0.2, 0.25) is 5.91 Å². The maximum atomic E-state index is 12.6. The van der Waals surface area contributed by atoms with Crippen LogP contribution in [-0.2, 0) is 11.3 Å². The molecule has 2 aromatic rings. The van der Waals surface area contributed by atoms with Crippen molar-refractivity contribution in [3.63, 3.8) is 0 Å². The SMILES string of the molecule is O=C(CN1CCOc2ccccc2C1)NC1CCCN(C(=O)c2cccs2)C1. The molecule has 0 saturated carbocycles. The second-order valence-electron chi connectivity index (χ2n) is 7.30. The number of ether oxygens (including phenoxy) is 1. The first-order chi connectivity index (χ1) is 13.7. The van der Waals surface area contributed by atoms with Crippen LogP contribution in [0, 0.1) is 0 Å². The molecule has 0 bridgehead atoms. The number of rotatable bonds is 4. The zero-order valence-corrected chi connectivity index (χ0v) is 16.6. The lowest BCUT2D eigenvalue weighted by Gasteiger charge is -2.33. The van der Waals surface area contributed by atoms with Crippen molar-refractivity contribution in [2.24, 2.45) is 0 Å². The smallest absolute Gasteiger partial charge is 0.263 e. The first kappa shape index (κ1) is 19.0. The molecule has 1 saturated heterocycles. The molecule has 2 aliphatic rings. The van der Waals surface area contributed by atoms with Crippen molar-refractivity contribution < 1.29 is 14.3 Å². The second kappa shape index (κ2) is 8.75. The van der Waals surface area contributed by atoms with Gasteiger partial charge in [-0.05, 0) is 30.4 Å². The van der Waals surface area contributed by atoms with Crippen LogP contribution in [0.2, 0.25) is 0 Å². The van der Waals surface area contributed by atoms with E-state index in [1.807, 2.05) is 46.7 Å². The van der Waals surface area contributed by atoms with Gasteiger partial charge < -0.3 is 15.0 Å². The zero-order valence-electron chi connectivity index (χ0n) is 15.8. The van der Waals surface area contributed by atoms with Crippen LogP contribution in [0.25, 0.3) is 0 Å². The number of carbonyl (C=O) groups is 2. The Morgan fingerprint density at radius 2 is 2.07 bits per heavy atom. The van der Waals surface area contributed by atoms with Gasteiger partial charge in [-0.2, -0.15) is 0 Å². The minimum Gasteiger partial charge on any atom is -0.492 e. The van der Waals surface area contributed by atoms with Crippen molar-refractivity contribution >= 4 is 23.2 Å².